The molecule has 0 fully saturated rings. The van der Waals surface area contributed by atoms with Crippen molar-refractivity contribution in [2.45, 2.75) is 32.2 Å². The topological polar surface area (TPSA) is 47.6 Å². The number of alkyl halides is 2. The van der Waals surface area contributed by atoms with Gasteiger partial charge in [-0.2, -0.15) is 8.78 Å². The molecule has 1 N–H and O–H groups in total. The number of benzene rings is 1. The lowest BCUT2D eigenvalue weighted by Crippen LogP contribution is -2.43. The van der Waals surface area contributed by atoms with Crippen LogP contribution in [0.1, 0.15) is 19.4 Å². The number of amides is 1. The fraction of sp³-hybridized carbons (Fsp3) is 0.500. The maximum absolute atomic E-state index is 12.8. The van der Waals surface area contributed by atoms with E-state index in [9.17, 15) is 13.6 Å². The van der Waals surface area contributed by atoms with E-state index in [-0.39, 0.29) is 0 Å². The van der Waals surface area contributed by atoms with Gasteiger partial charge in [0.1, 0.15) is 13.2 Å². The summed E-state index contributed by atoms with van der Waals surface area (Å²) in [6.45, 7) is 3.27. The highest BCUT2D eigenvalue weighted by Crippen LogP contribution is 2.31. The summed E-state index contributed by atoms with van der Waals surface area (Å²) in [6.07, 6.45) is 0.443. The Bertz CT molecular complexity index is 500. The fourth-order valence-electron chi connectivity index (χ4n) is 1.97. The van der Waals surface area contributed by atoms with Crippen molar-refractivity contribution in [3.05, 3.63) is 23.8 Å². The molecule has 1 heterocycles. The molecule has 0 spiro atoms. The average Bonchev–Trinajstić information content (AvgIpc) is 2.37. The largest absolute Gasteiger partial charge is 0.486 e. The summed E-state index contributed by atoms with van der Waals surface area (Å²) in [5.41, 5.74) is 0.890. The number of carbonyl (C=O) groups excluding carboxylic acids is 1. The van der Waals surface area contributed by atoms with Gasteiger partial charge in [-0.15, -0.1) is 0 Å². The Kier molecular flexibility index (Phi) is 4.11. The Hall–Kier alpha value is -1.85. The zero-order chi connectivity index (χ0) is 14.8. The van der Waals surface area contributed by atoms with Crippen LogP contribution >= 0.6 is 0 Å². The Morgan fingerprint density at radius 2 is 2.00 bits per heavy atom. The molecule has 1 aliphatic heterocycles. The average molecular weight is 285 g/mol. The van der Waals surface area contributed by atoms with E-state index in [1.54, 1.807) is 19.1 Å². The van der Waals surface area contributed by atoms with Crippen molar-refractivity contribution in [3.63, 3.8) is 0 Å². The van der Waals surface area contributed by atoms with E-state index in [0.717, 1.165) is 5.56 Å². The van der Waals surface area contributed by atoms with Gasteiger partial charge in [-0.25, -0.2) is 0 Å². The van der Waals surface area contributed by atoms with Crippen LogP contribution in [0.25, 0.3) is 0 Å². The van der Waals surface area contributed by atoms with Crippen LogP contribution in [-0.2, 0) is 11.2 Å². The second-order valence-electron chi connectivity index (χ2n) is 4.95. The van der Waals surface area contributed by atoms with Crippen molar-refractivity contribution in [3.8, 4) is 11.5 Å². The molecule has 0 radical (unpaired) electrons. The van der Waals surface area contributed by atoms with Gasteiger partial charge in [-0.1, -0.05) is 6.07 Å². The van der Waals surface area contributed by atoms with Gasteiger partial charge in [0.05, 0.1) is 0 Å². The minimum Gasteiger partial charge on any atom is -0.486 e. The van der Waals surface area contributed by atoms with Gasteiger partial charge in [-0.05, 0) is 31.0 Å². The molecule has 0 aliphatic carbocycles. The van der Waals surface area contributed by atoms with Gasteiger partial charge < -0.3 is 14.8 Å². The van der Waals surface area contributed by atoms with Crippen LogP contribution in [0.3, 0.4) is 0 Å². The smallest absolute Gasteiger partial charge is 0.321 e. The lowest BCUT2D eigenvalue weighted by molar-refractivity contribution is -0.143. The number of carbonyl (C=O) groups is 1. The molecule has 2 rings (SSSR count). The Morgan fingerprint density at radius 3 is 2.65 bits per heavy atom. The summed E-state index contributed by atoms with van der Waals surface area (Å²) in [6, 6.07) is 5.03. The maximum atomic E-state index is 12.8. The summed E-state index contributed by atoms with van der Waals surface area (Å²) < 4.78 is 36.4. The molecule has 0 aromatic heterocycles. The second kappa shape index (κ2) is 5.64. The first-order valence-corrected chi connectivity index (χ1v) is 6.43. The first-order chi connectivity index (χ1) is 9.36. The summed E-state index contributed by atoms with van der Waals surface area (Å²) in [5, 5.41) is 2.29. The first kappa shape index (κ1) is 14.6. The number of hydrogen-bond acceptors (Lipinski definition) is 3. The molecule has 0 saturated carbocycles. The Balaban J connectivity index is 1.98. The predicted molar refractivity (Wildman–Crippen MR) is 69.4 cm³/mol. The lowest BCUT2D eigenvalue weighted by Gasteiger charge is -2.20. The number of rotatable bonds is 4. The molecule has 0 unspecified atom stereocenters. The van der Waals surface area contributed by atoms with Crippen LogP contribution < -0.4 is 14.8 Å². The molecule has 6 heteroatoms. The monoisotopic (exact) mass is 285 g/mol. The number of nitrogens with one attached hydrogen (secondary N) is 1. The molecule has 110 valence electrons. The zero-order valence-corrected chi connectivity index (χ0v) is 11.4. The van der Waals surface area contributed by atoms with Crippen molar-refractivity contribution in [1.29, 1.82) is 0 Å². The third kappa shape index (κ3) is 3.59. The van der Waals surface area contributed by atoms with E-state index in [1.165, 1.54) is 0 Å². The van der Waals surface area contributed by atoms with Crippen molar-refractivity contribution in [2.75, 3.05) is 13.2 Å². The van der Waals surface area contributed by atoms with E-state index in [4.69, 9.17) is 9.47 Å². The van der Waals surface area contributed by atoms with Crippen LogP contribution in [0, 0.1) is 0 Å². The summed E-state index contributed by atoms with van der Waals surface area (Å²) in [7, 11) is 0. The van der Waals surface area contributed by atoms with Crippen molar-refractivity contribution < 1.29 is 23.0 Å². The van der Waals surface area contributed by atoms with E-state index in [1.807, 2.05) is 6.07 Å². The molecule has 20 heavy (non-hydrogen) atoms. The molecule has 1 amide bonds. The fourth-order valence-corrected chi connectivity index (χ4v) is 1.97. The normalized spacial score (nSPS) is 15.6. The summed E-state index contributed by atoms with van der Waals surface area (Å²) >= 11 is 0. The zero-order valence-electron chi connectivity index (χ0n) is 11.4. The van der Waals surface area contributed by atoms with Crippen LogP contribution in [-0.4, -0.2) is 31.1 Å². The molecule has 0 saturated heterocycles. The van der Waals surface area contributed by atoms with Crippen LogP contribution in [0.15, 0.2) is 18.2 Å². The number of halogens is 2. The van der Waals surface area contributed by atoms with Gasteiger partial charge >= 0.3 is 5.92 Å². The minimum atomic E-state index is -3.36. The highest BCUT2D eigenvalue weighted by atomic mass is 19.3. The van der Waals surface area contributed by atoms with Crippen molar-refractivity contribution in [1.82, 2.24) is 5.32 Å². The molecule has 0 bridgehead atoms. The van der Waals surface area contributed by atoms with E-state index in [0.29, 0.717) is 38.1 Å². The maximum Gasteiger partial charge on any atom is 0.321 e. The number of fused-ring (bicyclic) bond motifs is 1. The molecule has 1 aliphatic rings. The molecule has 1 atom stereocenters. The Morgan fingerprint density at radius 1 is 1.35 bits per heavy atom. The first-order valence-electron chi connectivity index (χ1n) is 6.43. The molecular formula is C14H17F2NO3. The van der Waals surface area contributed by atoms with Gasteiger partial charge in [0.15, 0.2) is 11.5 Å². The lowest BCUT2D eigenvalue weighted by atomic mass is 10.1. The molecule has 1 aromatic rings. The van der Waals surface area contributed by atoms with Crippen molar-refractivity contribution in [2.24, 2.45) is 0 Å². The van der Waals surface area contributed by atoms with E-state index >= 15 is 0 Å². The van der Waals surface area contributed by atoms with Crippen LogP contribution in [0.2, 0.25) is 0 Å². The molecule has 1 aromatic carbocycles. The third-order valence-corrected chi connectivity index (χ3v) is 2.92. The van der Waals surface area contributed by atoms with Crippen molar-refractivity contribution >= 4 is 5.91 Å². The standard InChI is InChI=1S/C14H17F2NO3/c1-9(17-13(18)14(2,15)16)7-10-3-4-11-12(8-10)20-6-5-19-11/h3-4,8-9H,5-7H2,1-2H3,(H,17,18)/t9-/m0/s1. The summed E-state index contributed by atoms with van der Waals surface area (Å²) in [4.78, 5) is 11.2. The van der Waals surface area contributed by atoms with Gasteiger partial charge in [-0.3, -0.25) is 4.79 Å². The quantitative estimate of drug-likeness (QED) is 0.922. The van der Waals surface area contributed by atoms with Gasteiger partial charge in [0, 0.05) is 13.0 Å². The SMILES string of the molecule is C[C@@H](Cc1ccc2c(c1)OCCO2)NC(=O)C(C)(F)F. The third-order valence-electron chi connectivity index (χ3n) is 2.92. The van der Waals surface area contributed by atoms with Crippen LogP contribution in [0.4, 0.5) is 8.78 Å². The van der Waals surface area contributed by atoms with Gasteiger partial charge in [0.25, 0.3) is 5.91 Å². The van der Waals surface area contributed by atoms with E-state index < -0.39 is 17.9 Å². The molecular weight excluding hydrogens is 268 g/mol. The minimum absolute atomic E-state index is 0.393. The second-order valence-corrected chi connectivity index (χ2v) is 4.95. The highest BCUT2D eigenvalue weighted by Gasteiger charge is 2.32. The van der Waals surface area contributed by atoms with E-state index in [2.05, 4.69) is 5.32 Å². The number of ether oxygens (including phenoxy) is 2. The Labute approximate surface area is 116 Å². The highest BCUT2D eigenvalue weighted by molar-refractivity contribution is 5.83. The molecule has 4 nitrogen and oxygen atoms in total. The van der Waals surface area contributed by atoms with Gasteiger partial charge in [0.2, 0.25) is 0 Å². The predicted octanol–water partition coefficient (Wildman–Crippen LogP) is 2.16. The number of hydrogen-bond donors (Lipinski definition) is 1. The summed E-state index contributed by atoms with van der Waals surface area (Å²) in [5.74, 6) is -3.30. The van der Waals surface area contributed by atoms with Crippen LogP contribution in [0.5, 0.6) is 11.5 Å².